The second-order valence-electron chi connectivity index (χ2n) is 9.09. The Balaban J connectivity index is 1.48. The summed E-state index contributed by atoms with van der Waals surface area (Å²) in [5.74, 6) is -1.01. The van der Waals surface area contributed by atoms with Crippen LogP contribution >= 0.6 is 0 Å². The van der Waals surface area contributed by atoms with Crippen LogP contribution in [0.4, 0.5) is 5.69 Å². The SMILES string of the molecule is Cc1ccccc1COc1ccc(/C(O)=C2\C(=O)C(=O)N(Cc3ccco3)C2c2ccc([N+](=O)[O-])cc2)cc1. The van der Waals surface area contributed by atoms with Crippen LogP contribution in [0.2, 0.25) is 0 Å². The van der Waals surface area contributed by atoms with Crippen molar-refractivity contribution in [2.75, 3.05) is 0 Å². The number of aryl methyl sites for hydroxylation is 1. The largest absolute Gasteiger partial charge is 0.507 e. The summed E-state index contributed by atoms with van der Waals surface area (Å²) in [5.41, 5.74) is 2.66. The number of aliphatic hydroxyl groups excluding tert-OH is 1. The van der Waals surface area contributed by atoms with Crippen molar-refractivity contribution in [3.8, 4) is 5.75 Å². The zero-order chi connectivity index (χ0) is 27.5. The van der Waals surface area contributed by atoms with E-state index in [1.807, 2.05) is 31.2 Å². The number of hydrogen-bond donors (Lipinski definition) is 1. The number of ketones is 1. The lowest BCUT2D eigenvalue weighted by Crippen LogP contribution is -2.29. The maximum absolute atomic E-state index is 13.2. The van der Waals surface area contributed by atoms with Crippen molar-refractivity contribution < 1.29 is 28.8 Å². The van der Waals surface area contributed by atoms with Gasteiger partial charge in [-0.2, -0.15) is 0 Å². The number of nitrogens with zero attached hydrogens (tertiary/aromatic N) is 2. The second-order valence-corrected chi connectivity index (χ2v) is 9.09. The highest BCUT2D eigenvalue weighted by Crippen LogP contribution is 2.41. The summed E-state index contributed by atoms with van der Waals surface area (Å²) in [6.07, 6.45) is 1.45. The van der Waals surface area contributed by atoms with Crippen molar-refractivity contribution in [3.05, 3.63) is 135 Å². The number of carbonyl (C=O) groups excluding carboxylic acids is 2. The van der Waals surface area contributed by atoms with Crippen molar-refractivity contribution in [2.24, 2.45) is 0 Å². The van der Waals surface area contributed by atoms with Crippen LogP contribution in [-0.4, -0.2) is 26.6 Å². The highest BCUT2D eigenvalue weighted by Gasteiger charge is 2.46. The molecular weight excluding hydrogens is 500 g/mol. The molecule has 2 heterocycles. The molecule has 1 aliphatic heterocycles. The predicted octanol–water partition coefficient (Wildman–Crippen LogP) is 5.70. The average Bonchev–Trinajstić information content (AvgIpc) is 3.55. The van der Waals surface area contributed by atoms with Crippen LogP contribution in [0.25, 0.3) is 5.76 Å². The number of likely N-dealkylation sites (tertiary alicyclic amines) is 1. The summed E-state index contributed by atoms with van der Waals surface area (Å²) in [7, 11) is 0. The number of carbonyl (C=O) groups is 2. The molecule has 196 valence electrons. The van der Waals surface area contributed by atoms with E-state index in [1.165, 1.54) is 35.4 Å². The Hall–Kier alpha value is -5.18. The van der Waals surface area contributed by atoms with E-state index < -0.39 is 22.7 Å². The molecule has 1 fully saturated rings. The summed E-state index contributed by atoms with van der Waals surface area (Å²) in [6.45, 7) is 2.35. The lowest BCUT2D eigenvalue weighted by molar-refractivity contribution is -0.384. The minimum absolute atomic E-state index is 0.0261. The zero-order valence-corrected chi connectivity index (χ0v) is 20.9. The molecule has 1 amide bonds. The van der Waals surface area contributed by atoms with Gasteiger partial charge in [-0.1, -0.05) is 24.3 Å². The molecule has 1 N–H and O–H groups in total. The minimum atomic E-state index is -0.979. The van der Waals surface area contributed by atoms with Crippen molar-refractivity contribution in [1.29, 1.82) is 0 Å². The smallest absolute Gasteiger partial charge is 0.296 e. The van der Waals surface area contributed by atoms with Crippen molar-refractivity contribution in [3.63, 3.8) is 0 Å². The Labute approximate surface area is 223 Å². The van der Waals surface area contributed by atoms with Crippen LogP contribution in [0.1, 0.15) is 34.1 Å². The molecule has 39 heavy (non-hydrogen) atoms. The van der Waals surface area contributed by atoms with E-state index in [-0.39, 0.29) is 23.6 Å². The Bertz CT molecular complexity index is 1560. The molecule has 3 aromatic carbocycles. The minimum Gasteiger partial charge on any atom is -0.507 e. The molecule has 0 saturated carbocycles. The fraction of sp³-hybridized carbons (Fsp3) is 0.133. The maximum Gasteiger partial charge on any atom is 0.296 e. The zero-order valence-electron chi connectivity index (χ0n) is 20.9. The summed E-state index contributed by atoms with van der Waals surface area (Å²) < 4.78 is 11.3. The third-order valence-corrected chi connectivity index (χ3v) is 6.65. The van der Waals surface area contributed by atoms with Gasteiger partial charge in [0.1, 0.15) is 23.9 Å². The average molecular weight is 525 g/mol. The Morgan fingerprint density at radius 2 is 1.72 bits per heavy atom. The number of benzene rings is 3. The van der Waals surface area contributed by atoms with Gasteiger partial charge < -0.3 is 19.2 Å². The standard InChI is InChI=1S/C30H24N2O7/c1-19-5-2-3-6-22(19)18-39-24-14-10-21(11-15-24)28(33)26-27(20-8-12-23(13-9-20)32(36)37)31(30(35)29(26)34)17-25-7-4-16-38-25/h2-16,27,33H,17-18H2,1H3/b28-26+. The van der Waals surface area contributed by atoms with Crippen LogP contribution in [0.5, 0.6) is 5.75 Å². The Morgan fingerprint density at radius 1 is 1.00 bits per heavy atom. The first-order valence-corrected chi connectivity index (χ1v) is 12.2. The molecule has 0 aliphatic carbocycles. The highest BCUT2D eigenvalue weighted by atomic mass is 16.6. The van der Waals surface area contributed by atoms with Gasteiger partial charge >= 0.3 is 0 Å². The molecule has 1 unspecified atom stereocenters. The van der Waals surface area contributed by atoms with Crippen LogP contribution in [0, 0.1) is 17.0 Å². The van der Waals surface area contributed by atoms with Crippen molar-refractivity contribution in [2.45, 2.75) is 26.1 Å². The number of non-ortho nitro benzene ring substituents is 1. The van der Waals surface area contributed by atoms with Gasteiger partial charge in [0.2, 0.25) is 0 Å². The van der Waals surface area contributed by atoms with Crippen LogP contribution in [0.3, 0.4) is 0 Å². The summed E-state index contributed by atoms with van der Waals surface area (Å²) in [4.78, 5) is 38.2. The molecule has 9 heteroatoms. The van der Waals surface area contributed by atoms with E-state index in [9.17, 15) is 24.8 Å². The van der Waals surface area contributed by atoms with E-state index in [0.29, 0.717) is 29.2 Å². The van der Waals surface area contributed by atoms with Gasteiger partial charge in [0.05, 0.1) is 29.3 Å². The first-order chi connectivity index (χ1) is 18.8. The monoisotopic (exact) mass is 524 g/mol. The van der Waals surface area contributed by atoms with Gasteiger partial charge in [0.15, 0.2) is 0 Å². The topological polar surface area (TPSA) is 123 Å². The van der Waals surface area contributed by atoms with Crippen LogP contribution in [0.15, 0.2) is 101 Å². The third-order valence-electron chi connectivity index (χ3n) is 6.65. The van der Waals surface area contributed by atoms with Crippen LogP contribution in [-0.2, 0) is 22.7 Å². The molecular formula is C30H24N2O7. The Morgan fingerprint density at radius 3 is 2.36 bits per heavy atom. The number of hydrogen-bond acceptors (Lipinski definition) is 7. The number of nitro benzene ring substituents is 1. The molecule has 9 nitrogen and oxygen atoms in total. The quantitative estimate of drug-likeness (QED) is 0.103. The van der Waals surface area contributed by atoms with Gasteiger partial charge in [-0.25, -0.2) is 0 Å². The van der Waals surface area contributed by atoms with E-state index in [2.05, 4.69) is 0 Å². The van der Waals surface area contributed by atoms with Gasteiger partial charge in [-0.3, -0.25) is 19.7 Å². The molecule has 0 spiro atoms. The van der Waals surface area contributed by atoms with E-state index >= 15 is 0 Å². The molecule has 4 aromatic rings. The Kier molecular flexibility index (Phi) is 6.96. The summed E-state index contributed by atoms with van der Waals surface area (Å²) in [5, 5.41) is 22.4. The first kappa shape index (κ1) is 25.5. The van der Waals surface area contributed by atoms with Crippen molar-refractivity contribution in [1.82, 2.24) is 4.90 Å². The molecule has 0 radical (unpaired) electrons. The van der Waals surface area contributed by atoms with Gasteiger partial charge in [0, 0.05) is 17.7 Å². The normalized spacial score (nSPS) is 16.4. The van der Waals surface area contributed by atoms with Gasteiger partial charge in [-0.15, -0.1) is 0 Å². The van der Waals surface area contributed by atoms with Crippen molar-refractivity contribution >= 4 is 23.1 Å². The summed E-state index contributed by atoms with van der Waals surface area (Å²) in [6, 6.07) is 22.3. The number of ether oxygens (including phenoxy) is 1. The molecule has 1 aliphatic rings. The second kappa shape index (κ2) is 10.7. The molecule has 1 saturated heterocycles. The number of aliphatic hydroxyl groups is 1. The number of furan rings is 1. The summed E-state index contributed by atoms with van der Waals surface area (Å²) >= 11 is 0. The molecule has 1 aromatic heterocycles. The van der Waals surface area contributed by atoms with Crippen LogP contribution < -0.4 is 4.74 Å². The third kappa shape index (κ3) is 5.15. The lowest BCUT2D eigenvalue weighted by atomic mass is 9.95. The maximum atomic E-state index is 13.2. The number of amides is 1. The number of nitro groups is 1. The predicted molar refractivity (Wildman–Crippen MR) is 142 cm³/mol. The molecule has 5 rings (SSSR count). The highest BCUT2D eigenvalue weighted by molar-refractivity contribution is 6.46. The fourth-order valence-corrected chi connectivity index (χ4v) is 4.54. The number of rotatable bonds is 8. The van der Waals surface area contributed by atoms with Gasteiger partial charge in [-0.05, 0) is 72.1 Å². The molecule has 1 atom stereocenters. The van der Waals surface area contributed by atoms with E-state index in [1.54, 1.807) is 36.4 Å². The lowest BCUT2D eigenvalue weighted by Gasteiger charge is -2.24. The fourth-order valence-electron chi connectivity index (χ4n) is 4.54. The van der Waals surface area contributed by atoms with Gasteiger partial charge in [0.25, 0.3) is 17.4 Å². The molecule has 0 bridgehead atoms. The first-order valence-electron chi connectivity index (χ1n) is 12.2. The van der Waals surface area contributed by atoms with E-state index in [4.69, 9.17) is 9.15 Å². The number of Topliss-reactive ketones (excluding diaryl/α,β-unsaturated/α-hetero) is 1. The van der Waals surface area contributed by atoms with E-state index in [0.717, 1.165) is 11.1 Å².